The average Bonchev–Trinajstić information content (AvgIpc) is 2.50. The minimum Gasteiger partial charge on any atom is -0.508 e. The van der Waals surface area contributed by atoms with Crippen LogP contribution in [0.15, 0.2) is 42.6 Å². The Morgan fingerprint density at radius 1 is 1.24 bits per heavy atom. The van der Waals surface area contributed by atoms with Gasteiger partial charge < -0.3 is 15.5 Å². The number of phenols is 1. The molecule has 0 aliphatic carbocycles. The molecule has 0 radical (unpaired) electrons. The van der Waals surface area contributed by atoms with Crippen LogP contribution in [0.4, 0.5) is 0 Å². The molecule has 0 saturated heterocycles. The highest BCUT2D eigenvalue weighted by Gasteiger charge is 2.09. The van der Waals surface area contributed by atoms with Gasteiger partial charge in [0.1, 0.15) is 5.75 Å². The van der Waals surface area contributed by atoms with Crippen molar-refractivity contribution in [1.82, 2.24) is 10.3 Å². The number of nitrogens with one attached hydrogen (secondary N) is 1. The molecule has 0 amide bonds. The van der Waals surface area contributed by atoms with Crippen molar-refractivity contribution in [3.63, 3.8) is 0 Å². The predicted molar refractivity (Wildman–Crippen MR) is 83.1 cm³/mol. The Bertz CT molecular complexity index is 558. The largest absolute Gasteiger partial charge is 0.508 e. The maximum Gasteiger partial charge on any atom is 0.120 e. The third kappa shape index (κ3) is 4.85. The molecule has 0 aliphatic rings. The Hall–Kier alpha value is -1.91. The zero-order valence-corrected chi connectivity index (χ0v) is 12.3. The minimum atomic E-state index is 0.114. The van der Waals surface area contributed by atoms with E-state index in [9.17, 15) is 10.2 Å². The summed E-state index contributed by atoms with van der Waals surface area (Å²) in [7, 11) is 0. The van der Waals surface area contributed by atoms with Crippen LogP contribution in [0.5, 0.6) is 5.75 Å². The number of nitrogens with zero attached hydrogens (tertiary/aromatic N) is 1. The number of aliphatic hydroxyl groups is 1. The van der Waals surface area contributed by atoms with Gasteiger partial charge >= 0.3 is 0 Å². The first kappa shape index (κ1) is 15.5. The summed E-state index contributed by atoms with van der Waals surface area (Å²) in [5.41, 5.74) is 2.98. The molecule has 0 spiro atoms. The lowest BCUT2D eigenvalue weighted by Crippen LogP contribution is -2.26. The van der Waals surface area contributed by atoms with Gasteiger partial charge in [0.25, 0.3) is 0 Å². The quantitative estimate of drug-likeness (QED) is 0.729. The molecule has 21 heavy (non-hydrogen) atoms. The summed E-state index contributed by atoms with van der Waals surface area (Å²) < 4.78 is 0. The van der Waals surface area contributed by atoms with E-state index in [1.165, 1.54) is 0 Å². The maximum absolute atomic E-state index is 9.79. The SMILES string of the molecule is Cc1ccc(O)c(CNCC(CO)Cc2ccccn2)c1. The summed E-state index contributed by atoms with van der Waals surface area (Å²) in [6, 6.07) is 11.4. The van der Waals surface area contributed by atoms with Crippen molar-refractivity contribution in [2.45, 2.75) is 19.9 Å². The molecule has 1 aromatic carbocycles. The fourth-order valence-electron chi connectivity index (χ4n) is 2.28. The number of aryl methyl sites for hydroxylation is 1. The highest BCUT2D eigenvalue weighted by molar-refractivity contribution is 5.35. The van der Waals surface area contributed by atoms with Gasteiger partial charge in [-0.25, -0.2) is 0 Å². The lowest BCUT2D eigenvalue weighted by Gasteiger charge is -2.15. The van der Waals surface area contributed by atoms with Crippen LogP contribution in [0.25, 0.3) is 0 Å². The summed E-state index contributed by atoms with van der Waals surface area (Å²) in [6.07, 6.45) is 2.51. The Morgan fingerprint density at radius 2 is 2.10 bits per heavy atom. The van der Waals surface area contributed by atoms with Gasteiger partial charge in [0, 0.05) is 37.2 Å². The van der Waals surface area contributed by atoms with E-state index in [1.54, 1.807) is 12.3 Å². The number of benzene rings is 1. The Balaban J connectivity index is 1.84. The van der Waals surface area contributed by atoms with Crippen LogP contribution in [0, 0.1) is 12.8 Å². The Morgan fingerprint density at radius 3 is 2.81 bits per heavy atom. The lowest BCUT2D eigenvalue weighted by molar-refractivity contribution is 0.220. The molecule has 112 valence electrons. The van der Waals surface area contributed by atoms with Crippen LogP contribution < -0.4 is 5.32 Å². The number of pyridine rings is 1. The van der Waals surface area contributed by atoms with Crippen molar-refractivity contribution in [3.05, 3.63) is 59.4 Å². The highest BCUT2D eigenvalue weighted by Crippen LogP contribution is 2.17. The second-order valence-corrected chi connectivity index (χ2v) is 5.34. The predicted octanol–water partition coefficient (Wildman–Crippen LogP) is 2.04. The van der Waals surface area contributed by atoms with Gasteiger partial charge in [0.15, 0.2) is 0 Å². The van der Waals surface area contributed by atoms with Crippen molar-refractivity contribution in [3.8, 4) is 5.75 Å². The number of hydrogen-bond acceptors (Lipinski definition) is 4. The van der Waals surface area contributed by atoms with E-state index in [1.807, 2.05) is 37.3 Å². The van der Waals surface area contributed by atoms with Gasteiger partial charge in [-0.1, -0.05) is 23.8 Å². The van der Waals surface area contributed by atoms with Crippen LogP contribution in [-0.2, 0) is 13.0 Å². The van der Waals surface area contributed by atoms with Crippen LogP contribution in [0.2, 0.25) is 0 Å². The smallest absolute Gasteiger partial charge is 0.120 e. The first-order chi connectivity index (χ1) is 10.2. The summed E-state index contributed by atoms with van der Waals surface area (Å²) in [5, 5.41) is 22.6. The third-order valence-corrected chi connectivity index (χ3v) is 3.47. The van der Waals surface area contributed by atoms with E-state index in [2.05, 4.69) is 10.3 Å². The van der Waals surface area contributed by atoms with E-state index in [0.717, 1.165) is 23.2 Å². The van der Waals surface area contributed by atoms with Crippen LogP contribution >= 0.6 is 0 Å². The van der Waals surface area contributed by atoms with Crippen LogP contribution in [-0.4, -0.2) is 28.3 Å². The monoisotopic (exact) mass is 286 g/mol. The average molecular weight is 286 g/mol. The van der Waals surface area contributed by atoms with Gasteiger partial charge in [0.05, 0.1) is 0 Å². The number of aliphatic hydroxyl groups excluding tert-OH is 1. The molecule has 0 aliphatic heterocycles. The molecule has 1 atom stereocenters. The van der Waals surface area contributed by atoms with Crippen molar-refractivity contribution >= 4 is 0 Å². The van der Waals surface area contributed by atoms with Crippen LogP contribution in [0.1, 0.15) is 16.8 Å². The lowest BCUT2D eigenvalue weighted by atomic mass is 10.0. The summed E-state index contributed by atoms with van der Waals surface area (Å²) in [5.74, 6) is 0.422. The number of aromatic nitrogens is 1. The van der Waals surface area contributed by atoms with E-state index in [-0.39, 0.29) is 12.5 Å². The van der Waals surface area contributed by atoms with Crippen molar-refractivity contribution in [2.75, 3.05) is 13.2 Å². The van der Waals surface area contributed by atoms with E-state index >= 15 is 0 Å². The zero-order valence-electron chi connectivity index (χ0n) is 12.3. The zero-order chi connectivity index (χ0) is 15.1. The fraction of sp³-hybridized carbons (Fsp3) is 0.353. The first-order valence-electron chi connectivity index (χ1n) is 7.19. The minimum absolute atomic E-state index is 0.114. The molecular formula is C17H22N2O2. The molecule has 1 heterocycles. The molecule has 4 nitrogen and oxygen atoms in total. The normalized spacial score (nSPS) is 12.3. The topological polar surface area (TPSA) is 65.4 Å². The molecule has 2 aromatic rings. The van der Waals surface area contributed by atoms with E-state index in [0.29, 0.717) is 18.8 Å². The van der Waals surface area contributed by atoms with Gasteiger partial charge in [-0.2, -0.15) is 0 Å². The van der Waals surface area contributed by atoms with Crippen LogP contribution in [0.3, 0.4) is 0 Å². The number of hydrogen-bond donors (Lipinski definition) is 3. The van der Waals surface area contributed by atoms with Crippen molar-refractivity contribution in [1.29, 1.82) is 0 Å². The van der Waals surface area contributed by atoms with Crippen molar-refractivity contribution < 1.29 is 10.2 Å². The number of rotatable bonds is 7. The fourth-order valence-corrected chi connectivity index (χ4v) is 2.28. The van der Waals surface area contributed by atoms with E-state index < -0.39 is 0 Å². The summed E-state index contributed by atoms with van der Waals surface area (Å²) in [4.78, 5) is 4.28. The molecule has 4 heteroatoms. The molecule has 1 unspecified atom stereocenters. The first-order valence-corrected chi connectivity index (χ1v) is 7.19. The molecule has 3 N–H and O–H groups in total. The van der Waals surface area contributed by atoms with Gasteiger partial charge in [-0.05, 0) is 37.5 Å². The molecule has 1 aromatic heterocycles. The molecule has 0 saturated carbocycles. The summed E-state index contributed by atoms with van der Waals surface area (Å²) in [6.45, 7) is 3.39. The van der Waals surface area contributed by atoms with Crippen molar-refractivity contribution in [2.24, 2.45) is 5.92 Å². The Kier molecular flexibility index (Phi) is 5.72. The maximum atomic E-state index is 9.79. The van der Waals surface area contributed by atoms with E-state index in [4.69, 9.17) is 0 Å². The van der Waals surface area contributed by atoms with Gasteiger partial charge in [0.2, 0.25) is 0 Å². The van der Waals surface area contributed by atoms with Gasteiger partial charge in [-0.15, -0.1) is 0 Å². The molecule has 0 fully saturated rings. The summed E-state index contributed by atoms with van der Waals surface area (Å²) >= 11 is 0. The molecule has 0 bridgehead atoms. The molecule has 2 rings (SSSR count). The highest BCUT2D eigenvalue weighted by atomic mass is 16.3. The number of aromatic hydroxyl groups is 1. The standard InChI is InChI=1S/C17H22N2O2/c1-13-5-6-17(21)15(8-13)11-18-10-14(12-20)9-16-4-2-3-7-19-16/h2-8,14,18,20-21H,9-12H2,1H3. The third-order valence-electron chi connectivity index (χ3n) is 3.47. The molecular weight excluding hydrogens is 264 g/mol. The second kappa shape index (κ2) is 7.76. The second-order valence-electron chi connectivity index (χ2n) is 5.34. The number of phenolic OH excluding ortho intramolecular Hbond substituents is 1. The Labute approximate surface area is 125 Å². The van der Waals surface area contributed by atoms with Gasteiger partial charge in [-0.3, -0.25) is 4.98 Å².